The molecule has 0 atom stereocenters. The molecule has 15 heavy (non-hydrogen) atoms. The Labute approximate surface area is 91.8 Å². The highest BCUT2D eigenvalue weighted by atomic mass is 16.5. The van der Waals surface area contributed by atoms with Gasteiger partial charge in [-0.1, -0.05) is 0 Å². The molecule has 0 amide bonds. The van der Waals surface area contributed by atoms with Gasteiger partial charge in [0, 0.05) is 12.6 Å². The van der Waals surface area contributed by atoms with Crippen molar-refractivity contribution >= 4 is 5.97 Å². The SMILES string of the molecule is COC(=O)C(C)(C)CN(CC#N)C(C)C. The molecule has 0 saturated carbocycles. The first-order chi connectivity index (χ1) is 6.85. The smallest absolute Gasteiger partial charge is 0.312 e. The van der Waals surface area contributed by atoms with Gasteiger partial charge in [0.25, 0.3) is 0 Å². The highest BCUT2D eigenvalue weighted by Crippen LogP contribution is 2.19. The Kier molecular flexibility index (Phi) is 5.31. The number of esters is 1. The molecule has 0 heterocycles. The van der Waals surface area contributed by atoms with Gasteiger partial charge in [0.05, 0.1) is 25.1 Å². The van der Waals surface area contributed by atoms with Gasteiger partial charge in [0.1, 0.15) is 0 Å². The molecule has 0 aliphatic rings. The maximum Gasteiger partial charge on any atom is 0.312 e. The van der Waals surface area contributed by atoms with E-state index >= 15 is 0 Å². The van der Waals surface area contributed by atoms with E-state index in [1.165, 1.54) is 7.11 Å². The molecule has 4 nitrogen and oxygen atoms in total. The van der Waals surface area contributed by atoms with Gasteiger partial charge in [-0.2, -0.15) is 5.26 Å². The van der Waals surface area contributed by atoms with E-state index in [2.05, 4.69) is 6.07 Å². The maximum absolute atomic E-state index is 11.5. The zero-order valence-electron chi connectivity index (χ0n) is 10.2. The van der Waals surface area contributed by atoms with Crippen LogP contribution in [0.15, 0.2) is 0 Å². The summed E-state index contributed by atoms with van der Waals surface area (Å²) in [5.41, 5.74) is -0.574. The molecule has 0 spiro atoms. The third kappa shape index (κ3) is 4.30. The molecular formula is C11H20N2O2. The van der Waals surface area contributed by atoms with Crippen LogP contribution in [0.5, 0.6) is 0 Å². The lowest BCUT2D eigenvalue weighted by Gasteiger charge is -2.31. The standard InChI is InChI=1S/C11H20N2O2/c1-9(2)13(7-6-12)8-11(3,4)10(14)15-5/h9H,7-8H2,1-5H3. The second-order valence-electron chi connectivity index (χ2n) is 4.53. The van der Waals surface area contributed by atoms with Gasteiger partial charge >= 0.3 is 5.97 Å². The molecule has 4 heteroatoms. The summed E-state index contributed by atoms with van der Waals surface area (Å²) >= 11 is 0. The molecule has 0 fully saturated rings. The van der Waals surface area contributed by atoms with Crippen LogP contribution in [0.2, 0.25) is 0 Å². The zero-order valence-corrected chi connectivity index (χ0v) is 10.2. The normalized spacial score (nSPS) is 11.6. The van der Waals surface area contributed by atoms with Crippen LogP contribution in [-0.4, -0.2) is 37.1 Å². The predicted octanol–water partition coefficient (Wildman–Crippen LogP) is 1.42. The summed E-state index contributed by atoms with van der Waals surface area (Å²) in [5, 5.41) is 8.67. The Morgan fingerprint density at radius 3 is 2.40 bits per heavy atom. The lowest BCUT2D eigenvalue weighted by Crippen LogP contribution is -2.43. The minimum atomic E-state index is -0.574. The molecule has 0 aliphatic heterocycles. The molecule has 0 aromatic rings. The van der Waals surface area contributed by atoms with Gasteiger partial charge in [-0.15, -0.1) is 0 Å². The highest BCUT2D eigenvalue weighted by molar-refractivity contribution is 5.76. The molecule has 0 unspecified atom stereocenters. The fourth-order valence-corrected chi connectivity index (χ4v) is 1.36. The third-order valence-corrected chi connectivity index (χ3v) is 2.34. The molecule has 0 aromatic heterocycles. The Morgan fingerprint density at radius 1 is 1.53 bits per heavy atom. The number of methoxy groups -OCH3 is 1. The second kappa shape index (κ2) is 5.72. The lowest BCUT2D eigenvalue weighted by atomic mass is 9.92. The molecule has 0 aliphatic carbocycles. The van der Waals surface area contributed by atoms with Crippen LogP contribution in [-0.2, 0) is 9.53 Å². The van der Waals surface area contributed by atoms with Crippen LogP contribution in [0, 0.1) is 16.7 Å². The van der Waals surface area contributed by atoms with Crippen LogP contribution >= 0.6 is 0 Å². The molecule has 0 radical (unpaired) electrons. The van der Waals surface area contributed by atoms with Crippen molar-refractivity contribution in [3.63, 3.8) is 0 Å². The number of hydrogen-bond acceptors (Lipinski definition) is 4. The number of rotatable bonds is 5. The molecular weight excluding hydrogens is 192 g/mol. The van der Waals surface area contributed by atoms with E-state index in [0.29, 0.717) is 13.1 Å². The quantitative estimate of drug-likeness (QED) is 0.511. The topological polar surface area (TPSA) is 53.3 Å². The molecule has 86 valence electrons. The molecule has 0 bridgehead atoms. The van der Waals surface area contributed by atoms with Gasteiger partial charge in [-0.05, 0) is 27.7 Å². The van der Waals surface area contributed by atoms with E-state index in [4.69, 9.17) is 10.00 Å². The zero-order chi connectivity index (χ0) is 12.1. The Hall–Kier alpha value is -1.08. The summed E-state index contributed by atoms with van der Waals surface area (Å²) in [7, 11) is 1.38. The van der Waals surface area contributed by atoms with E-state index in [9.17, 15) is 4.79 Å². The van der Waals surface area contributed by atoms with Gasteiger partial charge in [-0.3, -0.25) is 9.69 Å². The van der Waals surface area contributed by atoms with Gasteiger partial charge in [-0.25, -0.2) is 0 Å². The van der Waals surface area contributed by atoms with Crippen molar-refractivity contribution in [1.29, 1.82) is 5.26 Å². The van der Waals surface area contributed by atoms with Gasteiger partial charge in [0.15, 0.2) is 0 Å². The average Bonchev–Trinajstić information content (AvgIpc) is 2.15. The number of carbonyl (C=O) groups is 1. The van der Waals surface area contributed by atoms with Crippen molar-refractivity contribution in [2.24, 2.45) is 5.41 Å². The van der Waals surface area contributed by atoms with E-state index in [1.54, 1.807) is 0 Å². The van der Waals surface area contributed by atoms with Gasteiger partial charge < -0.3 is 4.74 Å². The molecule has 0 rings (SSSR count). The summed E-state index contributed by atoms with van der Waals surface area (Å²) < 4.78 is 4.73. The number of nitriles is 1. The fourth-order valence-electron chi connectivity index (χ4n) is 1.36. The molecule has 0 aromatic carbocycles. The minimum absolute atomic E-state index is 0.244. The lowest BCUT2D eigenvalue weighted by molar-refractivity contribution is -0.151. The number of ether oxygens (including phenoxy) is 1. The summed E-state index contributed by atoms with van der Waals surface area (Å²) in [6.45, 7) is 8.52. The number of nitrogens with zero attached hydrogens (tertiary/aromatic N) is 2. The van der Waals surface area contributed by atoms with Crippen molar-refractivity contribution < 1.29 is 9.53 Å². The monoisotopic (exact) mass is 212 g/mol. The Balaban J connectivity index is 4.52. The Morgan fingerprint density at radius 2 is 2.07 bits per heavy atom. The van der Waals surface area contributed by atoms with E-state index in [-0.39, 0.29) is 12.0 Å². The van der Waals surface area contributed by atoms with Crippen molar-refractivity contribution in [3.8, 4) is 6.07 Å². The number of hydrogen-bond donors (Lipinski definition) is 0. The third-order valence-electron chi connectivity index (χ3n) is 2.34. The van der Waals surface area contributed by atoms with Crippen LogP contribution in [0.1, 0.15) is 27.7 Å². The van der Waals surface area contributed by atoms with Crippen molar-refractivity contribution in [3.05, 3.63) is 0 Å². The van der Waals surface area contributed by atoms with Crippen molar-refractivity contribution in [2.45, 2.75) is 33.7 Å². The van der Waals surface area contributed by atoms with Crippen LogP contribution in [0.4, 0.5) is 0 Å². The largest absolute Gasteiger partial charge is 0.469 e. The Bertz CT molecular complexity index is 254. The average molecular weight is 212 g/mol. The summed E-state index contributed by atoms with van der Waals surface area (Å²) in [6, 6.07) is 2.35. The van der Waals surface area contributed by atoms with Crippen molar-refractivity contribution in [1.82, 2.24) is 4.90 Å². The van der Waals surface area contributed by atoms with Crippen LogP contribution < -0.4 is 0 Å². The first-order valence-corrected chi connectivity index (χ1v) is 5.04. The van der Waals surface area contributed by atoms with E-state index in [0.717, 1.165) is 0 Å². The molecule has 0 saturated heterocycles. The van der Waals surface area contributed by atoms with Crippen LogP contribution in [0.25, 0.3) is 0 Å². The summed E-state index contributed by atoms with van der Waals surface area (Å²) in [4.78, 5) is 13.4. The van der Waals surface area contributed by atoms with E-state index < -0.39 is 5.41 Å². The first kappa shape index (κ1) is 13.9. The maximum atomic E-state index is 11.5. The predicted molar refractivity (Wildman–Crippen MR) is 58.1 cm³/mol. The second-order valence-corrected chi connectivity index (χ2v) is 4.53. The number of carbonyl (C=O) groups excluding carboxylic acids is 1. The van der Waals surface area contributed by atoms with Crippen molar-refractivity contribution in [2.75, 3.05) is 20.2 Å². The minimum Gasteiger partial charge on any atom is -0.469 e. The fraction of sp³-hybridized carbons (Fsp3) is 0.818. The van der Waals surface area contributed by atoms with Gasteiger partial charge in [0.2, 0.25) is 0 Å². The van der Waals surface area contributed by atoms with E-state index in [1.807, 2.05) is 32.6 Å². The highest BCUT2D eigenvalue weighted by Gasteiger charge is 2.31. The summed E-state index contributed by atoms with van der Waals surface area (Å²) in [5.74, 6) is -0.244. The first-order valence-electron chi connectivity index (χ1n) is 5.04. The summed E-state index contributed by atoms with van der Waals surface area (Å²) in [6.07, 6.45) is 0. The van der Waals surface area contributed by atoms with Crippen LogP contribution in [0.3, 0.4) is 0 Å². The molecule has 0 N–H and O–H groups in total.